The van der Waals surface area contributed by atoms with Gasteiger partial charge in [-0.1, -0.05) is 19.1 Å². The lowest BCUT2D eigenvalue weighted by Gasteiger charge is -2.14. The second kappa shape index (κ2) is 4.53. The molecule has 0 fully saturated rings. The van der Waals surface area contributed by atoms with Crippen molar-refractivity contribution in [1.82, 2.24) is 5.32 Å². The first-order chi connectivity index (χ1) is 7.35. The smallest absolute Gasteiger partial charge is 0.231 e. The number of rotatable bonds is 4. The molecule has 3 nitrogen and oxygen atoms in total. The van der Waals surface area contributed by atoms with Gasteiger partial charge in [0.15, 0.2) is 11.5 Å². The molecule has 0 aromatic heterocycles. The Bertz CT molecular complexity index is 334. The van der Waals surface area contributed by atoms with Crippen LogP contribution < -0.4 is 14.8 Å². The summed E-state index contributed by atoms with van der Waals surface area (Å²) in [6.07, 6.45) is 2.10. The van der Waals surface area contributed by atoms with Crippen molar-refractivity contribution in [2.45, 2.75) is 25.8 Å². The van der Waals surface area contributed by atoms with Gasteiger partial charge in [-0.2, -0.15) is 0 Å². The summed E-state index contributed by atoms with van der Waals surface area (Å²) in [5.41, 5.74) is 1.23. The highest BCUT2D eigenvalue weighted by molar-refractivity contribution is 5.48. The van der Waals surface area contributed by atoms with E-state index >= 15 is 0 Å². The number of benzene rings is 1. The Morgan fingerprint density at radius 2 is 2.27 bits per heavy atom. The zero-order chi connectivity index (χ0) is 10.7. The van der Waals surface area contributed by atoms with Gasteiger partial charge in [0.05, 0.1) is 0 Å². The second-order valence-electron chi connectivity index (χ2n) is 3.75. The molecule has 0 bridgehead atoms. The van der Waals surface area contributed by atoms with Crippen LogP contribution in [0.2, 0.25) is 0 Å². The Kier molecular flexibility index (Phi) is 3.11. The number of ether oxygens (including phenoxy) is 2. The van der Waals surface area contributed by atoms with Gasteiger partial charge in [0.1, 0.15) is 0 Å². The van der Waals surface area contributed by atoms with E-state index in [9.17, 15) is 0 Å². The van der Waals surface area contributed by atoms with Crippen LogP contribution in [-0.4, -0.2) is 19.9 Å². The average Bonchev–Trinajstić information content (AvgIpc) is 2.74. The van der Waals surface area contributed by atoms with Crippen LogP contribution in [0.4, 0.5) is 0 Å². The molecule has 0 saturated heterocycles. The van der Waals surface area contributed by atoms with Gasteiger partial charge >= 0.3 is 0 Å². The summed E-state index contributed by atoms with van der Waals surface area (Å²) in [6, 6.07) is 6.57. The summed E-state index contributed by atoms with van der Waals surface area (Å²) in [5.74, 6) is 1.80. The van der Waals surface area contributed by atoms with Crippen LogP contribution in [0.1, 0.15) is 18.9 Å². The van der Waals surface area contributed by atoms with Gasteiger partial charge < -0.3 is 14.8 Å². The van der Waals surface area contributed by atoms with Gasteiger partial charge in [0.2, 0.25) is 6.79 Å². The molecule has 0 saturated carbocycles. The molecule has 82 valence electrons. The topological polar surface area (TPSA) is 30.5 Å². The van der Waals surface area contributed by atoms with E-state index in [4.69, 9.17) is 9.47 Å². The van der Waals surface area contributed by atoms with Crippen molar-refractivity contribution in [3.63, 3.8) is 0 Å². The molecule has 1 aromatic carbocycles. The lowest BCUT2D eigenvalue weighted by atomic mass is 10.0. The third kappa shape index (κ3) is 2.07. The summed E-state index contributed by atoms with van der Waals surface area (Å²) in [6.45, 7) is 2.53. The van der Waals surface area contributed by atoms with Gasteiger partial charge in [0.25, 0.3) is 0 Å². The summed E-state index contributed by atoms with van der Waals surface area (Å²) < 4.78 is 10.8. The van der Waals surface area contributed by atoms with Crippen molar-refractivity contribution >= 4 is 0 Å². The number of para-hydroxylation sites is 1. The van der Waals surface area contributed by atoms with E-state index in [1.807, 2.05) is 19.2 Å². The van der Waals surface area contributed by atoms with Crippen molar-refractivity contribution in [2.75, 3.05) is 13.8 Å². The molecule has 1 aliphatic heterocycles. The summed E-state index contributed by atoms with van der Waals surface area (Å²) in [5, 5.41) is 3.30. The monoisotopic (exact) mass is 207 g/mol. The molecule has 0 radical (unpaired) electrons. The van der Waals surface area contributed by atoms with Crippen molar-refractivity contribution < 1.29 is 9.47 Å². The minimum Gasteiger partial charge on any atom is -0.454 e. The van der Waals surface area contributed by atoms with E-state index in [1.165, 1.54) is 5.56 Å². The van der Waals surface area contributed by atoms with E-state index in [-0.39, 0.29) is 0 Å². The lowest BCUT2D eigenvalue weighted by molar-refractivity contribution is 0.173. The fourth-order valence-corrected chi connectivity index (χ4v) is 1.87. The van der Waals surface area contributed by atoms with Crippen molar-refractivity contribution in [3.05, 3.63) is 23.8 Å². The van der Waals surface area contributed by atoms with Crippen molar-refractivity contribution in [2.24, 2.45) is 0 Å². The highest BCUT2D eigenvalue weighted by Crippen LogP contribution is 2.35. The SMILES string of the molecule is CCC(Cc1cccc2c1OCO2)NC. The summed E-state index contributed by atoms with van der Waals surface area (Å²) in [7, 11) is 1.99. The number of likely N-dealkylation sites (N-methyl/N-ethyl adjacent to an activating group) is 1. The molecule has 2 rings (SSSR count). The normalized spacial score (nSPS) is 15.3. The molecule has 15 heavy (non-hydrogen) atoms. The zero-order valence-corrected chi connectivity index (χ0v) is 9.25. The minimum absolute atomic E-state index is 0.350. The van der Waals surface area contributed by atoms with E-state index < -0.39 is 0 Å². The van der Waals surface area contributed by atoms with Crippen LogP contribution in [0, 0.1) is 0 Å². The van der Waals surface area contributed by atoms with Gasteiger partial charge in [-0.3, -0.25) is 0 Å². The Morgan fingerprint density at radius 1 is 1.40 bits per heavy atom. The van der Waals surface area contributed by atoms with Crippen LogP contribution >= 0.6 is 0 Å². The van der Waals surface area contributed by atoms with E-state index in [1.54, 1.807) is 0 Å². The number of nitrogens with one attached hydrogen (secondary N) is 1. The Morgan fingerprint density at radius 3 is 3.00 bits per heavy atom. The molecule has 3 heteroatoms. The first-order valence-corrected chi connectivity index (χ1v) is 5.40. The maximum absolute atomic E-state index is 5.47. The molecule has 0 aliphatic carbocycles. The van der Waals surface area contributed by atoms with E-state index in [0.29, 0.717) is 12.8 Å². The van der Waals surface area contributed by atoms with E-state index in [2.05, 4.69) is 18.3 Å². The first-order valence-electron chi connectivity index (χ1n) is 5.40. The maximum Gasteiger partial charge on any atom is 0.231 e. The van der Waals surface area contributed by atoms with Crippen LogP contribution in [0.3, 0.4) is 0 Å². The molecule has 1 aliphatic rings. The quantitative estimate of drug-likeness (QED) is 0.818. The lowest BCUT2D eigenvalue weighted by Crippen LogP contribution is -2.26. The summed E-state index contributed by atoms with van der Waals surface area (Å²) >= 11 is 0. The van der Waals surface area contributed by atoms with Crippen molar-refractivity contribution in [3.8, 4) is 11.5 Å². The Balaban J connectivity index is 2.18. The molecular formula is C12H17NO2. The summed E-state index contributed by atoms with van der Waals surface area (Å²) in [4.78, 5) is 0. The second-order valence-corrected chi connectivity index (χ2v) is 3.75. The molecule has 1 N–H and O–H groups in total. The predicted molar refractivity (Wildman–Crippen MR) is 59.4 cm³/mol. The molecule has 1 unspecified atom stereocenters. The minimum atomic E-state index is 0.350. The fourth-order valence-electron chi connectivity index (χ4n) is 1.87. The molecule has 1 atom stereocenters. The third-order valence-electron chi connectivity index (χ3n) is 2.85. The molecular weight excluding hydrogens is 190 g/mol. The van der Waals surface area contributed by atoms with Crippen LogP contribution in [0.15, 0.2) is 18.2 Å². The average molecular weight is 207 g/mol. The van der Waals surface area contributed by atoms with Crippen LogP contribution in [0.25, 0.3) is 0 Å². The largest absolute Gasteiger partial charge is 0.454 e. The molecule has 0 amide bonds. The third-order valence-corrected chi connectivity index (χ3v) is 2.85. The molecule has 0 spiro atoms. The van der Waals surface area contributed by atoms with Gasteiger partial charge in [-0.25, -0.2) is 0 Å². The number of hydrogen-bond donors (Lipinski definition) is 1. The maximum atomic E-state index is 5.47. The predicted octanol–water partition coefficient (Wildman–Crippen LogP) is 1.96. The highest BCUT2D eigenvalue weighted by Gasteiger charge is 2.18. The fraction of sp³-hybridized carbons (Fsp3) is 0.500. The molecule has 1 heterocycles. The standard InChI is InChI=1S/C12H17NO2/c1-3-10(13-2)7-9-5-4-6-11-12(9)15-8-14-11/h4-6,10,13H,3,7-8H2,1-2H3. The van der Waals surface area contributed by atoms with Gasteiger partial charge in [0, 0.05) is 6.04 Å². The highest BCUT2D eigenvalue weighted by atomic mass is 16.7. The molecule has 1 aromatic rings. The first kappa shape index (κ1) is 10.3. The Hall–Kier alpha value is -1.22. The van der Waals surface area contributed by atoms with Gasteiger partial charge in [-0.15, -0.1) is 0 Å². The van der Waals surface area contributed by atoms with Crippen LogP contribution in [0.5, 0.6) is 11.5 Å². The number of fused-ring (bicyclic) bond motifs is 1. The van der Waals surface area contributed by atoms with E-state index in [0.717, 1.165) is 24.3 Å². The Labute approximate surface area is 90.4 Å². The van der Waals surface area contributed by atoms with Crippen molar-refractivity contribution in [1.29, 1.82) is 0 Å². The number of hydrogen-bond acceptors (Lipinski definition) is 3. The zero-order valence-electron chi connectivity index (χ0n) is 9.25. The van der Waals surface area contributed by atoms with Gasteiger partial charge in [-0.05, 0) is 31.5 Å². The van der Waals surface area contributed by atoms with Crippen LogP contribution in [-0.2, 0) is 6.42 Å².